The molecule has 1 aromatic heterocycles. The lowest BCUT2D eigenvalue weighted by Crippen LogP contribution is -2.15. The van der Waals surface area contributed by atoms with Gasteiger partial charge in [-0.15, -0.1) is 5.10 Å². The van der Waals surface area contributed by atoms with Gasteiger partial charge < -0.3 is 0 Å². The van der Waals surface area contributed by atoms with Gasteiger partial charge >= 0.3 is 0 Å². The molecule has 0 aliphatic carbocycles. The van der Waals surface area contributed by atoms with Gasteiger partial charge in [0.25, 0.3) is 10.0 Å². The van der Waals surface area contributed by atoms with Crippen molar-refractivity contribution in [2.45, 2.75) is 18.7 Å². The summed E-state index contributed by atoms with van der Waals surface area (Å²) >= 11 is 5.88. The molecule has 3 rings (SSSR count). The van der Waals surface area contributed by atoms with E-state index >= 15 is 0 Å². The van der Waals surface area contributed by atoms with Gasteiger partial charge in [-0.2, -0.15) is 4.68 Å². The molecule has 0 bridgehead atoms. The molecule has 1 heterocycles. The molecule has 2 aromatic carbocycles. The van der Waals surface area contributed by atoms with Crippen LogP contribution in [0.3, 0.4) is 0 Å². The lowest BCUT2D eigenvalue weighted by molar-refractivity contribution is 0.598. The zero-order valence-electron chi connectivity index (χ0n) is 13.2. The highest BCUT2D eigenvalue weighted by Gasteiger charge is 2.20. The van der Waals surface area contributed by atoms with E-state index in [0.717, 1.165) is 6.07 Å². The van der Waals surface area contributed by atoms with E-state index in [9.17, 15) is 12.8 Å². The Morgan fingerprint density at radius 2 is 1.92 bits per heavy atom. The highest BCUT2D eigenvalue weighted by atomic mass is 35.5. The lowest BCUT2D eigenvalue weighted by Gasteiger charge is -2.12. The molecule has 0 spiro atoms. The molecule has 10 heteroatoms. The molecule has 0 saturated carbocycles. The van der Waals surface area contributed by atoms with E-state index in [0.29, 0.717) is 17.1 Å². The summed E-state index contributed by atoms with van der Waals surface area (Å²) in [4.78, 5) is -0.0246. The smallest absolute Gasteiger partial charge is 0.262 e. The van der Waals surface area contributed by atoms with Crippen LogP contribution in [-0.2, 0) is 10.0 Å². The van der Waals surface area contributed by atoms with Crippen LogP contribution in [0, 0.1) is 19.7 Å². The van der Waals surface area contributed by atoms with Crippen LogP contribution >= 0.6 is 11.6 Å². The van der Waals surface area contributed by atoms with E-state index in [1.165, 1.54) is 22.9 Å². The Labute approximate surface area is 148 Å². The maximum absolute atomic E-state index is 14.1. The first-order chi connectivity index (χ1) is 11.8. The van der Waals surface area contributed by atoms with Crippen LogP contribution in [0.25, 0.3) is 5.69 Å². The zero-order chi connectivity index (χ0) is 18.2. The van der Waals surface area contributed by atoms with Crippen LogP contribution in [0.15, 0.2) is 41.3 Å². The molecular formula is C15H13ClFN5O2S. The number of hydrogen-bond acceptors (Lipinski definition) is 5. The van der Waals surface area contributed by atoms with E-state index in [1.54, 1.807) is 26.0 Å². The fraction of sp³-hybridized carbons (Fsp3) is 0.133. The molecule has 0 radical (unpaired) electrons. The number of aromatic nitrogens is 4. The van der Waals surface area contributed by atoms with Gasteiger partial charge in [0.1, 0.15) is 5.82 Å². The minimum Gasteiger partial charge on any atom is -0.277 e. The van der Waals surface area contributed by atoms with Gasteiger partial charge in [0.05, 0.1) is 16.3 Å². The molecule has 7 nitrogen and oxygen atoms in total. The molecule has 0 atom stereocenters. The first-order valence-electron chi connectivity index (χ1n) is 7.12. The van der Waals surface area contributed by atoms with Gasteiger partial charge in [-0.25, -0.2) is 12.8 Å². The van der Waals surface area contributed by atoms with Crippen molar-refractivity contribution in [3.8, 4) is 5.69 Å². The number of rotatable bonds is 4. The van der Waals surface area contributed by atoms with E-state index in [-0.39, 0.29) is 15.6 Å². The number of sulfonamides is 1. The highest BCUT2D eigenvalue weighted by molar-refractivity contribution is 7.92. The average Bonchev–Trinajstić information content (AvgIpc) is 2.97. The Morgan fingerprint density at radius 1 is 1.16 bits per heavy atom. The number of hydrogen-bond donors (Lipinski definition) is 1. The summed E-state index contributed by atoms with van der Waals surface area (Å²) < 4.78 is 43.0. The summed E-state index contributed by atoms with van der Waals surface area (Å²) in [6, 6.07) is 8.37. The Bertz CT molecular complexity index is 1050. The number of nitrogens with one attached hydrogen (secondary N) is 1. The van der Waals surface area contributed by atoms with E-state index in [4.69, 9.17) is 11.6 Å². The molecule has 0 aliphatic rings. The molecule has 0 unspecified atom stereocenters. The third-order valence-electron chi connectivity index (χ3n) is 3.50. The second-order valence-corrected chi connectivity index (χ2v) is 7.40. The quantitative estimate of drug-likeness (QED) is 0.750. The molecule has 0 fully saturated rings. The first-order valence-corrected chi connectivity index (χ1v) is 8.98. The monoisotopic (exact) mass is 381 g/mol. The standard InChI is InChI=1S/C15H13ClFN5O2S/c1-9-3-4-11(16)7-15(9)25(23,24)19-14-8-12(5-6-13(14)17)22-10(2)18-20-21-22/h3-8,19H,1-2H3. The summed E-state index contributed by atoms with van der Waals surface area (Å²) in [6.07, 6.45) is 0. The highest BCUT2D eigenvalue weighted by Crippen LogP contribution is 2.25. The number of tetrazole rings is 1. The van der Waals surface area contributed by atoms with Gasteiger partial charge in [0, 0.05) is 5.02 Å². The SMILES string of the molecule is Cc1ccc(Cl)cc1S(=O)(=O)Nc1cc(-n2nnnc2C)ccc1F. The molecule has 25 heavy (non-hydrogen) atoms. The van der Waals surface area contributed by atoms with E-state index < -0.39 is 15.8 Å². The number of halogens is 2. The summed E-state index contributed by atoms with van der Waals surface area (Å²) in [5.74, 6) is -0.246. The van der Waals surface area contributed by atoms with Crippen molar-refractivity contribution in [1.29, 1.82) is 0 Å². The van der Waals surface area contributed by atoms with Crippen LogP contribution in [0.1, 0.15) is 11.4 Å². The van der Waals surface area contributed by atoms with Gasteiger partial charge in [0.2, 0.25) is 0 Å². The molecule has 1 N–H and O–H groups in total. The topological polar surface area (TPSA) is 89.8 Å². The Hall–Kier alpha value is -2.52. The van der Waals surface area contributed by atoms with Gasteiger partial charge in [-0.05, 0) is 60.2 Å². The van der Waals surface area contributed by atoms with Crippen molar-refractivity contribution in [3.63, 3.8) is 0 Å². The Morgan fingerprint density at radius 3 is 2.60 bits per heavy atom. The van der Waals surface area contributed by atoms with Crippen molar-refractivity contribution in [2.75, 3.05) is 4.72 Å². The fourth-order valence-corrected chi connectivity index (χ4v) is 3.82. The van der Waals surface area contributed by atoms with Gasteiger partial charge in [0.15, 0.2) is 5.82 Å². The van der Waals surface area contributed by atoms with Crippen molar-refractivity contribution in [1.82, 2.24) is 20.2 Å². The van der Waals surface area contributed by atoms with Crippen LogP contribution in [0.2, 0.25) is 5.02 Å². The van der Waals surface area contributed by atoms with Crippen molar-refractivity contribution in [2.24, 2.45) is 0 Å². The largest absolute Gasteiger partial charge is 0.277 e. The minimum absolute atomic E-state index is 0.0246. The molecule has 0 saturated heterocycles. The van der Waals surface area contributed by atoms with E-state index in [1.807, 2.05) is 0 Å². The van der Waals surface area contributed by atoms with Crippen LogP contribution in [-0.4, -0.2) is 28.6 Å². The third kappa shape index (κ3) is 3.47. The minimum atomic E-state index is -4.02. The summed E-state index contributed by atoms with van der Waals surface area (Å²) in [6.45, 7) is 3.30. The number of nitrogens with zero attached hydrogens (tertiary/aromatic N) is 4. The molecular weight excluding hydrogens is 369 g/mol. The first kappa shape index (κ1) is 17.3. The summed E-state index contributed by atoms with van der Waals surface area (Å²) in [5.41, 5.74) is 0.695. The number of anilines is 1. The van der Waals surface area contributed by atoms with Gasteiger partial charge in [-0.3, -0.25) is 4.72 Å². The lowest BCUT2D eigenvalue weighted by atomic mass is 10.2. The molecule has 3 aromatic rings. The molecule has 0 amide bonds. The number of aryl methyl sites for hydroxylation is 2. The third-order valence-corrected chi connectivity index (χ3v) is 5.25. The predicted molar refractivity (Wildman–Crippen MR) is 90.8 cm³/mol. The summed E-state index contributed by atoms with van der Waals surface area (Å²) in [7, 11) is -4.02. The second-order valence-electron chi connectivity index (χ2n) is 5.32. The maximum Gasteiger partial charge on any atom is 0.262 e. The normalized spacial score (nSPS) is 11.5. The molecule has 130 valence electrons. The maximum atomic E-state index is 14.1. The van der Waals surface area contributed by atoms with Crippen molar-refractivity contribution in [3.05, 3.63) is 58.6 Å². The fourth-order valence-electron chi connectivity index (χ4n) is 2.26. The van der Waals surface area contributed by atoms with Crippen LogP contribution in [0.4, 0.5) is 10.1 Å². The zero-order valence-corrected chi connectivity index (χ0v) is 14.8. The second kappa shape index (κ2) is 6.41. The van der Waals surface area contributed by atoms with Crippen LogP contribution < -0.4 is 4.72 Å². The summed E-state index contributed by atoms with van der Waals surface area (Å²) in [5, 5.41) is 11.3. The molecule has 0 aliphatic heterocycles. The predicted octanol–water partition coefficient (Wildman–Crippen LogP) is 2.87. The Kier molecular flexibility index (Phi) is 4.44. The van der Waals surface area contributed by atoms with Gasteiger partial charge in [-0.1, -0.05) is 17.7 Å². The van der Waals surface area contributed by atoms with Crippen molar-refractivity contribution < 1.29 is 12.8 Å². The van der Waals surface area contributed by atoms with Crippen LogP contribution in [0.5, 0.6) is 0 Å². The Balaban J connectivity index is 2.02. The average molecular weight is 382 g/mol. The van der Waals surface area contributed by atoms with E-state index in [2.05, 4.69) is 20.2 Å². The van der Waals surface area contributed by atoms with Crippen molar-refractivity contribution >= 4 is 27.3 Å². The number of benzene rings is 2.